The van der Waals surface area contributed by atoms with Crippen LogP contribution in [0.15, 0.2) is 30.3 Å². The van der Waals surface area contributed by atoms with Crippen molar-refractivity contribution in [2.75, 3.05) is 6.54 Å². The number of hydrogen-bond acceptors (Lipinski definition) is 2. The largest absolute Gasteiger partial charge is 0.481 e. The lowest BCUT2D eigenvalue weighted by Gasteiger charge is -2.48. The number of nitrogens with zero attached hydrogens (tertiary/aromatic N) is 1. The molecule has 0 aromatic heterocycles. The molecular weight excluding hydrogens is 238 g/mol. The average Bonchev–Trinajstić information content (AvgIpc) is 2.35. The third-order valence-corrected chi connectivity index (χ3v) is 4.43. The number of rotatable bonds is 4. The molecule has 1 N–H and O–H groups in total. The van der Waals surface area contributed by atoms with E-state index in [0.29, 0.717) is 0 Å². The zero-order chi connectivity index (χ0) is 13.9. The lowest BCUT2D eigenvalue weighted by Crippen LogP contribution is -2.53. The number of likely N-dealkylation sites (tertiary alicyclic amines) is 1. The first-order chi connectivity index (χ1) is 9.00. The molecule has 1 fully saturated rings. The molecule has 0 amide bonds. The number of carbonyl (C=O) groups is 1. The van der Waals surface area contributed by atoms with Crippen LogP contribution in [0.4, 0.5) is 0 Å². The van der Waals surface area contributed by atoms with Crippen molar-refractivity contribution in [2.45, 2.75) is 45.2 Å². The molecule has 0 saturated carbocycles. The Hall–Kier alpha value is -1.35. The third-order valence-electron chi connectivity index (χ3n) is 4.43. The van der Waals surface area contributed by atoms with E-state index in [0.717, 1.165) is 25.9 Å². The van der Waals surface area contributed by atoms with Crippen LogP contribution in [-0.4, -0.2) is 28.1 Å². The van der Waals surface area contributed by atoms with Crippen molar-refractivity contribution in [1.29, 1.82) is 0 Å². The Morgan fingerprint density at radius 1 is 1.37 bits per heavy atom. The van der Waals surface area contributed by atoms with Crippen LogP contribution in [0.1, 0.15) is 38.7 Å². The van der Waals surface area contributed by atoms with Crippen LogP contribution in [0.3, 0.4) is 0 Å². The standard InChI is InChI=1S/C16H23NO2/c1-16(2)14(11-15(18)19)9-6-10-17(16)12-13-7-4-3-5-8-13/h3-5,7-8,14H,6,9-12H2,1-2H3,(H,18,19). The maximum Gasteiger partial charge on any atom is 0.303 e. The summed E-state index contributed by atoms with van der Waals surface area (Å²) >= 11 is 0. The molecular formula is C16H23NO2. The fourth-order valence-electron chi connectivity index (χ4n) is 3.08. The van der Waals surface area contributed by atoms with Crippen LogP contribution >= 0.6 is 0 Å². The highest BCUT2D eigenvalue weighted by molar-refractivity contribution is 5.67. The second-order valence-corrected chi connectivity index (χ2v) is 6.00. The Labute approximate surface area is 115 Å². The van der Waals surface area contributed by atoms with Gasteiger partial charge in [0.1, 0.15) is 0 Å². The number of benzene rings is 1. The zero-order valence-corrected chi connectivity index (χ0v) is 11.8. The fourth-order valence-corrected chi connectivity index (χ4v) is 3.08. The molecule has 1 atom stereocenters. The number of aliphatic carboxylic acids is 1. The van der Waals surface area contributed by atoms with Crippen molar-refractivity contribution in [3.63, 3.8) is 0 Å². The highest BCUT2D eigenvalue weighted by Crippen LogP contribution is 2.36. The van der Waals surface area contributed by atoms with Gasteiger partial charge in [-0.05, 0) is 44.7 Å². The van der Waals surface area contributed by atoms with Crippen molar-refractivity contribution in [2.24, 2.45) is 5.92 Å². The van der Waals surface area contributed by atoms with Gasteiger partial charge in [0.15, 0.2) is 0 Å². The van der Waals surface area contributed by atoms with E-state index in [-0.39, 0.29) is 17.9 Å². The molecule has 2 rings (SSSR count). The monoisotopic (exact) mass is 261 g/mol. The minimum atomic E-state index is -0.681. The minimum Gasteiger partial charge on any atom is -0.481 e. The van der Waals surface area contributed by atoms with Gasteiger partial charge in [0, 0.05) is 18.5 Å². The van der Waals surface area contributed by atoms with Crippen LogP contribution in [0, 0.1) is 5.92 Å². The van der Waals surface area contributed by atoms with E-state index in [1.807, 2.05) is 6.07 Å². The third kappa shape index (κ3) is 3.35. The molecule has 3 heteroatoms. The predicted molar refractivity (Wildman–Crippen MR) is 75.9 cm³/mol. The maximum atomic E-state index is 11.0. The Morgan fingerprint density at radius 2 is 2.05 bits per heavy atom. The SMILES string of the molecule is CC1(C)C(CC(=O)O)CCCN1Cc1ccccc1. The number of piperidine rings is 1. The first-order valence-electron chi connectivity index (χ1n) is 7.01. The summed E-state index contributed by atoms with van der Waals surface area (Å²) in [7, 11) is 0. The van der Waals surface area contributed by atoms with Gasteiger partial charge in [-0.1, -0.05) is 30.3 Å². The Kier molecular flexibility index (Phi) is 4.25. The molecule has 1 saturated heterocycles. The number of carboxylic acids is 1. The van der Waals surface area contributed by atoms with Crippen LogP contribution in [0.25, 0.3) is 0 Å². The van der Waals surface area contributed by atoms with Gasteiger partial charge in [-0.3, -0.25) is 9.69 Å². The van der Waals surface area contributed by atoms with E-state index in [4.69, 9.17) is 5.11 Å². The summed E-state index contributed by atoms with van der Waals surface area (Å²) in [6.45, 7) is 6.33. The van der Waals surface area contributed by atoms with Crippen molar-refractivity contribution in [1.82, 2.24) is 4.90 Å². The van der Waals surface area contributed by atoms with Gasteiger partial charge in [0.2, 0.25) is 0 Å². The molecule has 104 valence electrons. The normalized spacial score (nSPS) is 23.2. The average molecular weight is 261 g/mol. The summed E-state index contributed by atoms with van der Waals surface area (Å²) in [4.78, 5) is 13.4. The zero-order valence-electron chi connectivity index (χ0n) is 11.8. The van der Waals surface area contributed by atoms with Gasteiger partial charge in [-0.2, -0.15) is 0 Å². The maximum absolute atomic E-state index is 11.0. The molecule has 1 aliphatic rings. The molecule has 1 heterocycles. The topological polar surface area (TPSA) is 40.5 Å². The molecule has 1 unspecified atom stereocenters. The number of hydrogen-bond donors (Lipinski definition) is 1. The second kappa shape index (κ2) is 5.74. The molecule has 1 aliphatic heterocycles. The van der Waals surface area contributed by atoms with Crippen molar-refractivity contribution >= 4 is 5.97 Å². The van der Waals surface area contributed by atoms with Gasteiger partial charge in [-0.15, -0.1) is 0 Å². The minimum absolute atomic E-state index is 0.0491. The molecule has 0 aliphatic carbocycles. The van der Waals surface area contributed by atoms with E-state index in [2.05, 4.69) is 43.0 Å². The Balaban J connectivity index is 2.09. The summed E-state index contributed by atoms with van der Waals surface area (Å²) in [5, 5.41) is 9.06. The van der Waals surface area contributed by atoms with Crippen LogP contribution < -0.4 is 0 Å². The van der Waals surface area contributed by atoms with Crippen molar-refractivity contribution in [3.05, 3.63) is 35.9 Å². The molecule has 1 aromatic carbocycles. The van der Waals surface area contributed by atoms with Crippen LogP contribution in [0.5, 0.6) is 0 Å². The Bertz CT molecular complexity index is 428. The fraction of sp³-hybridized carbons (Fsp3) is 0.562. The smallest absolute Gasteiger partial charge is 0.303 e. The van der Waals surface area contributed by atoms with Gasteiger partial charge >= 0.3 is 5.97 Å². The first kappa shape index (κ1) is 14.1. The quantitative estimate of drug-likeness (QED) is 0.905. The van der Waals surface area contributed by atoms with Crippen molar-refractivity contribution < 1.29 is 9.90 Å². The van der Waals surface area contributed by atoms with E-state index >= 15 is 0 Å². The summed E-state index contributed by atoms with van der Waals surface area (Å²) < 4.78 is 0. The second-order valence-electron chi connectivity index (χ2n) is 6.00. The summed E-state index contributed by atoms with van der Waals surface area (Å²) in [6.07, 6.45) is 2.39. The highest BCUT2D eigenvalue weighted by atomic mass is 16.4. The molecule has 0 spiro atoms. The molecule has 0 bridgehead atoms. The van der Waals surface area contributed by atoms with Gasteiger partial charge in [-0.25, -0.2) is 0 Å². The van der Waals surface area contributed by atoms with E-state index in [9.17, 15) is 4.79 Å². The Morgan fingerprint density at radius 3 is 2.68 bits per heavy atom. The van der Waals surface area contributed by atoms with E-state index in [1.165, 1.54) is 5.56 Å². The summed E-state index contributed by atoms with van der Waals surface area (Å²) in [5.41, 5.74) is 1.25. The van der Waals surface area contributed by atoms with E-state index < -0.39 is 5.97 Å². The molecule has 0 radical (unpaired) electrons. The molecule has 1 aromatic rings. The van der Waals surface area contributed by atoms with Gasteiger partial charge < -0.3 is 5.11 Å². The number of carboxylic acid groups (broad SMARTS) is 1. The molecule has 3 nitrogen and oxygen atoms in total. The van der Waals surface area contributed by atoms with Crippen molar-refractivity contribution in [3.8, 4) is 0 Å². The molecule has 19 heavy (non-hydrogen) atoms. The first-order valence-corrected chi connectivity index (χ1v) is 7.01. The van der Waals surface area contributed by atoms with Crippen LogP contribution in [-0.2, 0) is 11.3 Å². The van der Waals surface area contributed by atoms with Crippen LogP contribution in [0.2, 0.25) is 0 Å². The predicted octanol–water partition coefficient (Wildman–Crippen LogP) is 3.15. The van der Waals surface area contributed by atoms with Gasteiger partial charge in [0.25, 0.3) is 0 Å². The summed E-state index contributed by atoms with van der Waals surface area (Å²) in [6, 6.07) is 10.4. The van der Waals surface area contributed by atoms with Gasteiger partial charge in [0.05, 0.1) is 0 Å². The summed E-state index contributed by atoms with van der Waals surface area (Å²) in [5.74, 6) is -0.443. The highest BCUT2D eigenvalue weighted by Gasteiger charge is 2.39. The lowest BCUT2D eigenvalue weighted by molar-refractivity contribution is -0.140. The van der Waals surface area contributed by atoms with E-state index in [1.54, 1.807) is 0 Å². The lowest BCUT2D eigenvalue weighted by atomic mass is 9.77.